The van der Waals surface area contributed by atoms with Crippen molar-refractivity contribution in [1.29, 1.82) is 0 Å². The van der Waals surface area contributed by atoms with Gasteiger partial charge in [0.1, 0.15) is 5.82 Å². The number of hydrogen-bond donors (Lipinski definition) is 2. The second kappa shape index (κ2) is 6.83. The molecule has 2 aromatic rings. The van der Waals surface area contributed by atoms with Crippen LogP contribution >= 0.6 is 0 Å². The maximum atomic E-state index is 12.9. The predicted octanol–water partition coefficient (Wildman–Crippen LogP) is 3.35. The van der Waals surface area contributed by atoms with E-state index in [1.165, 1.54) is 24.3 Å². The lowest BCUT2D eigenvalue weighted by Crippen LogP contribution is -2.24. The lowest BCUT2D eigenvalue weighted by atomic mass is 10.1. The van der Waals surface area contributed by atoms with Gasteiger partial charge in [-0.25, -0.2) is 4.39 Å². The van der Waals surface area contributed by atoms with Gasteiger partial charge in [-0.2, -0.15) is 0 Å². The van der Waals surface area contributed by atoms with Crippen LogP contribution < -0.4 is 10.6 Å². The van der Waals surface area contributed by atoms with Crippen molar-refractivity contribution in [1.82, 2.24) is 5.32 Å². The zero-order valence-electron chi connectivity index (χ0n) is 13.4. The molecule has 0 spiro atoms. The highest BCUT2D eigenvalue weighted by molar-refractivity contribution is 6.04. The molecule has 0 aliphatic heterocycles. The van der Waals surface area contributed by atoms with Crippen LogP contribution in [-0.4, -0.2) is 11.8 Å². The molecule has 0 heterocycles. The number of anilines is 1. The van der Waals surface area contributed by atoms with Gasteiger partial charge in [0.05, 0.1) is 0 Å². The molecule has 5 heteroatoms. The van der Waals surface area contributed by atoms with Gasteiger partial charge in [0.15, 0.2) is 0 Å². The average molecular weight is 326 g/mol. The Morgan fingerprint density at radius 3 is 2.29 bits per heavy atom. The van der Waals surface area contributed by atoms with Crippen LogP contribution in [0.15, 0.2) is 48.5 Å². The normalized spacial score (nSPS) is 18.8. The molecule has 4 nitrogen and oxygen atoms in total. The largest absolute Gasteiger partial charge is 0.352 e. The highest BCUT2D eigenvalue weighted by atomic mass is 19.1. The van der Waals surface area contributed by atoms with Crippen molar-refractivity contribution < 1.29 is 14.0 Å². The Hall–Kier alpha value is -2.69. The molecule has 0 saturated heterocycles. The maximum Gasteiger partial charge on any atom is 0.255 e. The molecular weight excluding hydrogens is 307 g/mol. The van der Waals surface area contributed by atoms with E-state index in [9.17, 15) is 14.0 Å². The summed E-state index contributed by atoms with van der Waals surface area (Å²) in [5.74, 6) is 0.137. The minimum Gasteiger partial charge on any atom is -0.352 e. The van der Waals surface area contributed by atoms with Crippen LogP contribution in [0, 0.1) is 17.7 Å². The van der Waals surface area contributed by atoms with Gasteiger partial charge >= 0.3 is 0 Å². The Morgan fingerprint density at radius 2 is 1.71 bits per heavy atom. The Labute approximate surface area is 140 Å². The topological polar surface area (TPSA) is 58.2 Å². The van der Waals surface area contributed by atoms with Crippen molar-refractivity contribution in [3.63, 3.8) is 0 Å². The third-order valence-electron chi connectivity index (χ3n) is 4.23. The van der Waals surface area contributed by atoms with Gasteiger partial charge in [-0.3, -0.25) is 9.59 Å². The quantitative estimate of drug-likeness (QED) is 0.885. The number of rotatable bonds is 5. The molecule has 1 aliphatic carbocycles. The first-order chi connectivity index (χ1) is 11.5. The summed E-state index contributed by atoms with van der Waals surface area (Å²) in [6, 6.07) is 12.7. The van der Waals surface area contributed by atoms with Gasteiger partial charge in [0.2, 0.25) is 5.91 Å². The van der Waals surface area contributed by atoms with Crippen molar-refractivity contribution in [3.8, 4) is 0 Å². The van der Waals surface area contributed by atoms with Gasteiger partial charge in [-0.05, 0) is 54.3 Å². The fourth-order valence-electron chi connectivity index (χ4n) is 2.52. The monoisotopic (exact) mass is 326 g/mol. The van der Waals surface area contributed by atoms with Crippen LogP contribution in [0.1, 0.15) is 29.3 Å². The number of carbonyl (C=O) groups is 2. The number of halogens is 1. The first-order valence-corrected chi connectivity index (χ1v) is 7.96. The number of nitrogens with one attached hydrogen (secondary N) is 2. The van der Waals surface area contributed by atoms with E-state index in [2.05, 4.69) is 17.6 Å². The minimum absolute atomic E-state index is 0.0978. The van der Waals surface area contributed by atoms with E-state index < -0.39 is 0 Å². The van der Waals surface area contributed by atoms with Crippen molar-refractivity contribution in [2.24, 2.45) is 11.8 Å². The molecule has 2 N–H and O–H groups in total. The summed E-state index contributed by atoms with van der Waals surface area (Å²) in [6.07, 6.45) is 0.967. The van der Waals surface area contributed by atoms with Crippen LogP contribution in [-0.2, 0) is 11.3 Å². The third kappa shape index (κ3) is 3.98. The van der Waals surface area contributed by atoms with E-state index >= 15 is 0 Å². The fourth-order valence-corrected chi connectivity index (χ4v) is 2.52. The smallest absolute Gasteiger partial charge is 0.255 e. The van der Waals surface area contributed by atoms with Crippen molar-refractivity contribution in [2.45, 2.75) is 19.9 Å². The van der Waals surface area contributed by atoms with E-state index in [0.717, 1.165) is 12.0 Å². The van der Waals surface area contributed by atoms with E-state index in [4.69, 9.17) is 0 Å². The summed E-state index contributed by atoms with van der Waals surface area (Å²) in [4.78, 5) is 23.9. The van der Waals surface area contributed by atoms with Gasteiger partial charge in [0, 0.05) is 23.7 Å². The van der Waals surface area contributed by atoms with Gasteiger partial charge in [0.25, 0.3) is 5.91 Å². The Kier molecular flexibility index (Phi) is 4.60. The van der Waals surface area contributed by atoms with Crippen molar-refractivity contribution in [3.05, 3.63) is 65.5 Å². The Balaban J connectivity index is 1.54. The minimum atomic E-state index is -0.347. The van der Waals surface area contributed by atoms with Gasteiger partial charge in [-0.15, -0.1) is 0 Å². The van der Waals surface area contributed by atoms with Crippen LogP contribution in [0.4, 0.5) is 10.1 Å². The highest BCUT2D eigenvalue weighted by Gasteiger charge is 2.38. The molecule has 2 unspecified atom stereocenters. The van der Waals surface area contributed by atoms with Crippen LogP contribution in [0.5, 0.6) is 0 Å². The van der Waals surface area contributed by atoms with Crippen LogP contribution in [0.2, 0.25) is 0 Å². The molecule has 2 amide bonds. The Morgan fingerprint density at radius 1 is 1.08 bits per heavy atom. The summed E-state index contributed by atoms with van der Waals surface area (Å²) in [5, 5.41) is 5.62. The van der Waals surface area contributed by atoms with Gasteiger partial charge < -0.3 is 10.6 Å². The molecule has 2 aromatic carbocycles. The standard InChI is InChI=1S/C19H19FN2O2/c1-12-10-17(12)19(24)21-11-13-2-4-14(5-3-13)18(23)22-16-8-6-15(20)7-9-16/h2-9,12,17H,10-11H2,1H3,(H,21,24)(H,22,23). The number of hydrogen-bond acceptors (Lipinski definition) is 2. The van der Waals surface area contributed by atoms with Crippen molar-refractivity contribution >= 4 is 17.5 Å². The zero-order chi connectivity index (χ0) is 17.1. The Bertz CT molecular complexity index is 741. The summed E-state index contributed by atoms with van der Waals surface area (Å²) in [7, 11) is 0. The fraction of sp³-hybridized carbons (Fsp3) is 0.263. The molecular formula is C19H19FN2O2. The molecule has 0 aromatic heterocycles. The molecule has 0 bridgehead atoms. The zero-order valence-corrected chi connectivity index (χ0v) is 13.4. The van der Waals surface area contributed by atoms with E-state index in [1.807, 2.05) is 12.1 Å². The average Bonchev–Trinajstić information content (AvgIpc) is 3.32. The predicted molar refractivity (Wildman–Crippen MR) is 89.9 cm³/mol. The first kappa shape index (κ1) is 16.2. The van der Waals surface area contributed by atoms with Crippen molar-refractivity contribution in [2.75, 3.05) is 5.32 Å². The molecule has 3 rings (SSSR count). The molecule has 1 saturated carbocycles. The second-order valence-electron chi connectivity index (χ2n) is 6.20. The van der Waals surface area contributed by atoms with Crippen LogP contribution in [0.3, 0.4) is 0 Å². The highest BCUT2D eigenvalue weighted by Crippen LogP contribution is 2.37. The molecule has 124 valence electrons. The molecule has 24 heavy (non-hydrogen) atoms. The number of amides is 2. The lowest BCUT2D eigenvalue weighted by Gasteiger charge is -2.07. The van der Waals surface area contributed by atoms with Gasteiger partial charge in [-0.1, -0.05) is 19.1 Å². The number of benzene rings is 2. The summed E-state index contributed by atoms with van der Waals surface area (Å²) < 4.78 is 12.9. The lowest BCUT2D eigenvalue weighted by molar-refractivity contribution is -0.122. The first-order valence-electron chi connectivity index (χ1n) is 7.96. The summed E-state index contributed by atoms with van der Waals surface area (Å²) in [6.45, 7) is 2.53. The molecule has 2 atom stereocenters. The number of carbonyl (C=O) groups excluding carboxylic acids is 2. The molecule has 1 aliphatic rings. The van der Waals surface area contributed by atoms with E-state index in [1.54, 1.807) is 12.1 Å². The maximum absolute atomic E-state index is 12.9. The molecule has 1 fully saturated rings. The molecule has 0 radical (unpaired) electrons. The SMILES string of the molecule is CC1CC1C(=O)NCc1ccc(C(=O)Nc2ccc(F)cc2)cc1. The summed E-state index contributed by atoms with van der Waals surface area (Å²) >= 11 is 0. The van der Waals surface area contributed by atoms with Crippen LogP contribution in [0.25, 0.3) is 0 Å². The van der Waals surface area contributed by atoms with E-state index in [0.29, 0.717) is 23.7 Å². The van der Waals surface area contributed by atoms with E-state index in [-0.39, 0.29) is 23.5 Å². The summed E-state index contributed by atoms with van der Waals surface area (Å²) in [5.41, 5.74) is 1.98. The third-order valence-corrected chi connectivity index (χ3v) is 4.23. The second-order valence-corrected chi connectivity index (χ2v) is 6.20.